The van der Waals surface area contributed by atoms with Crippen LogP contribution in [0.2, 0.25) is 0 Å². The summed E-state index contributed by atoms with van der Waals surface area (Å²) in [5, 5.41) is 0. The van der Waals surface area contributed by atoms with Gasteiger partial charge in [0.25, 0.3) is 0 Å². The molecule has 0 amide bonds. The number of rotatable bonds is 6. The van der Waals surface area contributed by atoms with Crippen molar-refractivity contribution in [3.8, 4) is 0 Å². The normalized spacial score (nSPS) is 48.2. The second-order valence-electron chi connectivity index (χ2n) is 12.7. The van der Waals surface area contributed by atoms with Crippen molar-refractivity contribution < 1.29 is 0 Å². The Morgan fingerprint density at radius 1 is 0.821 bits per heavy atom. The van der Waals surface area contributed by atoms with Crippen LogP contribution in [0.4, 0.5) is 0 Å². The second kappa shape index (κ2) is 8.26. The zero-order chi connectivity index (χ0) is 19.9. The molecule has 4 fully saturated rings. The topological polar surface area (TPSA) is 0 Å². The van der Waals surface area contributed by atoms with E-state index in [0.717, 1.165) is 41.4 Å². The molecule has 0 aliphatic heterocycles. The maximum absolute atomic E-state index is 2.75. The lowest BCUT2D eigenvalue weighted by molar-refractivity contribution is -0.118. The van der Waals surface area contributed by atoms with Crippen LogP contribution in [0.1, 0.15) is 125 Å². The fourth-order valence-electron chi connectivity index (χ4n) is 9.24. The van der Waals surface area contributed by atoms with Gasteiger partial charge in [-0.2, -0.15) is 0 Å². The second-order valence-corrected chi connectivity index (χ2v) is 12.7. The van der Waals surface area contributed by atoms with Crippen LogP contribution < -0.4 is 0 Å². The summed E-state index contributed by atoms with van der Waals surface area (Å²) in [5.74, 6) is 7.27. The minimum absolute atomic E-state index is 0.697. The summed E-state index contributed by atoms with van der Waals surface area (Å²) in [6, 6.07) is 0. The Morgan fingerprint density at radius 2 is 1.57 bits per heavy atom. The Balaban J connectivity index is 1.42. The van der Waals surface area contributed by atoms with E-state index >= 15 is 0 Å². The van der Waals surface area contributed by atoms with Crippen LogP contribution in [0.3, 0.4) is 0 Å². The van der Waals surface area contributed by atoms with E-state index in [2.05, 4.69) is 34.6 Å². The molecule has 4 aliphatic carbocycles. The molecule has 0 aromatic heterocycles. The molecule has 0 bridgehead atoms. The predicted molar refractivity (Wildman–Crippen MR) is 122 cm³/mol. The van der Waals surface area contributed by atoms with Crippen molar-refractivity contribution in [2.45, 2.75) is 125 Å². The summed E-state index contributed by atoms with van der Waals surface area (Å²) in [4.78, 5) is 0. The highest BCUT2D eigenvalue weighted by molar-refractivity contribution is 5.09. The van der Waals surface area contributed by atoms with Crippen LogP contribution in [-0.4, -0.2) is 0 Å². The summed E-state index contributed by atoms with van der Waals surface area (Å²) in [5.41, 5.74) is 1.40. The minimum Gasteiger partial charge on any atom is -0.0651 e. The molecule has 162 valence electrons. The van der Waals surface area contributed by atoms with E-state index in [0.29, 0.717) is 10.8 Å². The summed E-state index contributed by atoms with van der Waals surface area (Å²) >= 11 is 0. The minimum atomic E-state index is 0.697. The Bertz CT molecular complexity index is 520. The van der Waals surface area contributed by atoms with Gasteiger partial charge in [-0.25, -0.2) is 0 Å². The Labute approximate surface area is 177 Å². The SMILES string of the molecule is CC[C@H]1CC[C@]2(C)C3CC[C@]4(C)C(CCCCC(C)C)CCC4[C@@H]3CC[C@@H]2C1. The molecule has 0 radical (unpaired) electrons. The van der Waals surface area contributed by atoms with Crippen molar-refractivity contribution in [1.82, 2.24) is 0 Å². The molecule has 0 heteroatoms. The van der Waals surface area contributed by atoms with Gasteiger partial charge < -0.3 is 0 Å². The first-order valence-corrected chi connectivity index (χ1v) is 13.4. The van der Waals surface area contributed by atoms with Crippen LogP contribution in [0.5, 0.6) is 0 Å². The van der Waals surface area contributed by atoms with Gasteiger partial charge in [-0.3, -0.25) is 0 Å². The van der Waals surface area contributed by atoms with E-state index in [1.54, 1.807) is 51.4 Å². The van der Waals surface area contributed by atoms with Gasteiger partial charge in [0.1, 0.15) is 0 Å². The summed E-state index contributed by atoms with van der Waals surface area (Å²) in [6.45, 7) is 12.7. The van der Waals surface area contributed by atoms with E-state index in [1.807, 2.05) is 0 Å². The third-order valence-corrected chi connectivity index (χ3v) is 11.1. The summed E-state index contributed by atoms with van der Waals surface area (Å²) in [7, 11) is 0. The van der Waals surface area contributed by atoms with Gasteiger partial charge in [0.15, 0.2) is 0 Å². The van der Waals surface area contributed by atoms with Gasteiger partial charge >= 0.3 is 0 Å². The molecule has 3 unspecified atom stereocenters. The van der Waals surface area contributed by atoms with E-state index in [-0.39, 0.29) is 0 Å². The van der Waals surface area contributed by atoms with Crippen LogP contribution in [0.15, 0.2) is 0 Å². The standard InChI is InChI=1S/C28H50/c1-6-21-15-17-28(5)23(19-21)11-13-24-25-14-12-22(10-8-7-9-20(2)3)27(25,4)18-16-26(24)28/h20-26H,6-19H2,1-5H3/t21-,22?,23+,24-,25?,26?,27+,28-/m0/s1. The van der Waals surface area contributed by atoms with Gasteiger partial charge in [0, 0.05) is 0 Å². The molecular formula is C28H50. The third-order valence-electron chi connectivity index (χ3n) is 11.1. The van der Waals surface area contributed by atoms with E-state index in [4.69, 9.17) is 0 Å². The number of fused-ring (bicyclic) bond motifs is 5. The first-order chi connectivity index (χ1) is 13.4. The van der Waals surface area contributed by atoms with Crippen LogP contribution in [0, 0.1) is 52.3 Å². The van der Waals surface area contributed by atoms with Gasteiger partial charge in [0.2, 0.25) is 0 Å². The molecule has 0 heterocycles. The molecule has 8 atom stereocenters. The van der Waals surface area contributed by atoms with Crippen molar-refractivity contribution in [3.05, 3.63) is 0 Å². The molecule has 4 rings (SSSR count). The number of unbranched alkanes of at least 4 members (excludes halogenated alkanes) is 1. The highest BCUT2D eigenvalue weighted by atomic mass is 14.6. The van der Waals surface area contributed by atoms with Crippen molar-refractivity contribution >= 4 is 0 Å². The molecule has 28 heavy (non-hydrogen) atoms. The largest absolute Gasteiger partial charge is 0.0651 e. The molecule has 0 N–H and O–H groups in total. The van der Waals surface area contributed by atoms with Crippen molar-refractivity contribution in [3.63, 3.8) is 0 Å². The lowest BCUT2D eigenvalue weighted by Gasteiger charge is -2.61. The summed E-state index contributed by atoms with van der Waals surface area (Å²) in [6.07, 6.45) is 21.5. The molecule has 4 aliphatic rings. The lowest BCUT2D eigenvalue weighted by Crippen LogP contribution is -2.53. The molecular weight excluding hydrogens is 336 g/mol. The lowest BCUT2D eigenvalue weighted by atomic mass is 9.44. The zero-order valence-corrected chi connectivity index (χ0v) is 19.9. The Kier molecular flexibility index (Phi) is 6.27. The van der Waals surface area contributed by atoms with E-state index in [1.165, 1.54) is 38.5 Å². The maximum atomic E-state index is 2.75. The summed E-state index contributed by atoms with van der Waals surface area (Å²) < 4.78 is 0. The quantitative estimate of drug-likeness (QED) is 0.400. The van der Waals surface area contributed by atoms with Gasteiger partial charge in [-0.15, -0.1) is 0 Å². The van der Waals surface area contributed by atoms with Crippen LogP contribution >= 0.6 is 0 Å². The fraction of sp³-hybridized carbons (Fsp3) is 1.00. The first kappa shape index (κ1) is 21.2. The zero-order valence-electron chi connectivity index (χ0n) is 19.9. The van der Waals surface area contributed by atoms with Crippen molar-refractivity contribution in [2.24, 2.45) is 52.3 Å². The van der Waals surface area contributed by atoms with Crippen molar-refractivity contribution in [2.75, 3.05) is 0 Å². The highest BCUT2D eigenvalue weighted by Crippen LogP contribution is 2.68. The molecule has 0 aromatic rings. The highest BCUT2D eigenvalue weighted by Gasteiger charge is 2.59. The van der Waals surface area contributed by atoms with Crippen LogP contribution in [-0.2, 0) is 0 Å². The van der Waals surface area contributed by atoms with Gasteiger partial charge in [-0.1, -0.05) is 60.3 Å². The Morgan fingerprint density at radius 3 is 2.32 bits per heavy atom. The van der Waals surface area contributed by atoms with Crippen molar-refractivity contribution in [1.29, 1.82) is 0 Å². The third kappa shape index (κ3) is 3.62. The maximum Gasteiger partial charge on any atom is -0.0266 e. The fourth-order valence-corrected chi connectivity index (χ4v) is 9.24. The van der Waals surface area contributed by atoms with Gasteiger partial charge in [0.05, 0.1) is 0 Å². The molecule has 4 saturated carbocycles. The smallest absolute Gasteiger partial charge is 0.0266 e. The Hall–Kier alpha value is 0. The molecule has 0 spiro atoms. The van der Waals surface area contributed by atoms with Gasteiger partial charge in [-0.05, 0) is 116 Å². The number of hydrogen-bond donors (Lipinski definition) is 0. The predicted octanol–water partition coefficient (Wildman–Crippen LogP) is 8.89. The average molecular weight is 387 g/mol. The van der Waals surface area contributed by atoms with E-state index in [9.17, 15) is 0 Å². The molecule has 0 nitrogen and oxygen atoms in total. The average Bonchev–Trinajstić information content (AvgIpc) is 3.01. The number of hydrogen-bond acceptors (Lipinski definition) is 0. The van der Waals surface area contributed by atoms with E-state index < -0.39 is 0 Å². The van der Waals surface area contributed by atoms with Crippen LogP contribution in [0.25, 0.3) is 0 Å². The molecule has 0 saturated heterocycles. The first-order valence-electron chi connectivity index (χ1n) is 13.4. The molecule has 0 aromatic carbocycles. The monoisotopic (exact) mass is 386 g/mol.